The number of ether oxygens (including phenoxy) is 2. The van der Waals surface area contributed by atoms with E-state index in [0.29, 0.717) is 17.2 Å². The maximum Gasteiger partial charge on any atom is 0.251 e. The van der Waals surface area contributed by atoms with Gasteiger partial charge in [0.2, 0.25) is 0 Å². The van der Waals surface area contributed by atoms with E-state index in [-0.39, 0.29) is 11.9 Å². The van der Waals surface area contributed by atoms with Gasteiger partial charge in [-0.1, -0.05) is 0 Å². The van der Waals surface area contributed by atoms with Gasteiger partial charge >= 0.3 is 0 Å². The van der Waals surface area contributed by atoms with Crippen LogP contribution in [-0.4, -0.2) is 43.6 Å². The maximum atomic E-state index is 12.5. The zero-order valence-electron chi connectivity index (χ0n) is 14.2. The number of fused-ring (bicyclic) bond motifs is 3. The van der Waals surface area contributed by atoms with Crippen LogP contribution in [-0.2, 0) is 0 Å². The van der Waals surface area contributed by atoms with Crippen molar-refractivity contribution in [1.82, 2.24) is 10.2 Å². The zero-order chi connectivity index (χ0) is 17.2. The van der Waals surface area contributed by atoms with E-state index in [1.165, 1.54) is 37.3 Å². The molecule has 1 unspecified atom stereocenters. The number of benzene rings is 1. The summed E-state index contributed by atoms with van der Waals surface area (Å²) in [6, 6.07) is 9.42. The summed E-state index contributed by atoms with van der Waals surface area (Å²) in [5.74, 6) is 2.13. The third kappa shape index (κ3) is 3.65. The summed E-state index contributed by atoms with van der Waals surface area (Å²) in [5, 5.41) is 5.87. The summed E-state index contributed by atoms with van der Waals surface area (Å²) < 4.78 is 10.9. The van der Waals surface area contributed by atoms with Gasteiger partial charge in [0.1, 0.15) is 11.5 Å². The van der Waals surface area contributed by atoms with E-state index < -0.39 is 0 Å². The molecule has 132 valence electrons. The lowest BCUT2D eigenvalue weighted by Gasteiger charge is -2.44. The normalized spacial score (nSPS) is 24.8. The molecule has 3 aliphatic rings. The molecule has 0 spiro atoms. The van der Waals surface area contributed by atoms with Crippen molar-refractivity contribution in [3.05, 3.63) is 41.3 Å². The van der Waals surface area contributed by atoms with E-state index in [0.717, 1.165) is 17.4 Å². The minimum Gasteiger partial charge on any atom is -0.496 e. The molecule has 5 rings (SSSR count). The summed E-state index contributed by atoms with van der Waals surface area (Å²) in [4.78, 5) is 15.0. The van der Waals surface area contributed by atoms with Gasteiger partial charge in [0.05, 0.1) is 7.11 Å². The number of amides is 1. The Morgan fingerprint density at radius 3 is 2.56 bits per heavy atom. The van der Waals surface area contributed by atoms with Crippen LogP contribution in [0, 0.1) is 5.92 Å². The molecule has 4 heterocycles. The topological polar surface area (TPSA) is 50.8 Å². The van der Waals surface area contributed by atoms with E-state index in [4.69, 9.17) is 9.47 Å². The molecule has 3 fully saturated rings. The Balaban J connectivity index is 1.37. The molecule has 0 aliphatic carbocycles. The van der Waals surface area contributed by atoms with E-state index >= 15 is 0 Å². The van der Waals surface area contributed by atoms with Crippen molar-refractivity contribution < 1.29 is 14.3 Å². The van der Waals surface area contributed by atoms with Crippen LogP contribution in [0.15, 0.2) is 35.7 Å². The second kappa shape index (κ2) is 7.06. The van der Waals surface area contributed by atoms with Crippen molar-refractivity contribution in [2.75, 3.05) is 26.7 Å². The van der Waals surface area contributed by atoms with Gasteiger partial charge in [0, 0.05) is 29.6 Å². The third-order valence-electron chi connectivity index (χ3n) is 5.09. The second-order valence-electron chi connectivity index (χ2n) is 6.65. The van der Waals surface area contributed by atoms with Gasteiger partial charge < -0.3 is 19.7 Å². The Bertz CT molecular complexity index is 735. The molecule has 5 nitrogen and oxygen atoms in total. The van der Waals surface area contributed by atoms with Crippen molar-refractivity contribution in [3.8, 4) is 16.6 Å². The fraction of sp³-hybridized carbons (Fsp3) is 0.421. The van der Waals surface area contributed by atoms with E-state index in [9.17, 15) is 4.79 Å². The van der Waals surface area contributed by atoms with E-state index in [1.54, 1.807) is 7.11 Å². The number of methoxy groups -OCH3 is 1. The fourth-order valence-electron chi connectivity index (χ4n) is 3.63. The molecule has 2 aromatic rings. The smallest absolute Gasteiger partial charge is 0.251 e. The number of nitrogens with one attached hydrogen (secondary N) is 1. The second-order valence-corrected chi connectivity index (χ2v) is 7.52. The lowest BCUT2D eigenvalue weighted by molar-refractivity contribution is 0.0620. The minimum atomic E-state index is 0.00286. The molecule has 1 amide bonds. The molecule has 2 bridgehead atoms. The first kappa shape index (κ1) is 16.4. The predicted molar refractivity (Wildman–Crippen MR) is 97.8 cm³/mol. The Kier molecular flexibility index (Phi) is 4.63. The average molecular weight is 358 g/mol. The molecular weight excluding hydrogens is 336 g/mol. The fourth-order valence-corrected chi connectivity index (χ4v) is 4.36. The number of piperidine rings is 3. The quantitative estimate of drug-likeness (QED) is 0.890. The van der Waals surface area contributed by atoms with Gasteiger partial charge in [-0.15, -0.1) is 11.3 Å². The van der Waals surface area contributed by atoms with Gasteiger partial charge in [0.15, 0.2) is 5.06 Å². The molecule has 0 radical (unpaired) electrons. The molecule has 3 saturated heterocycles. The zero-order valence-corrected chi connectivity index (χ0v) is 15.1. The molecule has 25 heavy (non-hydrogen) atoms. The highest BCUT2D eigenvalue weighted by Gasteiger charge is 2.34. The van der Waals surface area contributed by atoms with Crippen LogP contribution in [0.25, 0.3) is 0 Å². The highest BCUT2D eigenvalue weighted by Crippen LogP contribution is 2.32. The maximum absolute atomic E-state index is 12.5. The van der Waals surface area contributed by atoms with Crippen molar-refractivity contribution in [2.45, 2.75) is 18.9 Å². The van der Waals surface area contributed by atoms with Crippen molar-refractivity contribution in [1.29, 1.82) is 0 Å². The van der Waals surface area contributed by atoms with Gasteiger partial charge in [0.25, 0.3) is 5.91 Å². The van der Waals surface area contributed by atoms with Crippen LogP contribution in [0.5, 0.6) is 16.6 Å². The van der Waals surface area contributed by atoms with Gasteiger partial charge in [-0.3, -0.25) is 4.79 Å². The van der Waals surface area contributed by atoms with Crippen LogP contribution >= 0.6 is 11.3 Å². The summed E-state index contributed by atoms with van der Waals surface area (Å²) in [6.07, 6.45) is 2.39. The third-order valence-corrected chi connectivity index (χ3v) is 5.88. The average Bonchev–Trinajstić information content (AvgIpc) is 3.11. The predicted octanol–water partition coefficient (Wildman–Crippen LogP) is 3.37. The van der Waals surface area contributed by atoms with Gasteiger partial charge in [-0.25, -0.2) is 0 Å². The minimum absolute atomic E-state index is 0.00286. The molecule has 1 aromatic carbocycles. The van der Waals surface area contributed by atoms with Gasteiger partial charge in [-0.2, -0.15) is 0 Å². The Labute approximate surface area is 151 Å². The summed E-state index contributed by atoms with van der Waals surface area (Å²) in [5.41, 5.74) is 0.674. The number of nitrogens with zero attached hydrogens (tertiary/aromatic N) is 1. The highest BCUT2D eigenvalue weighted by molar-refractivity contribution is 7.12. The number of thiophene rings is 1. The Hall–Kier alpha value is -2.05. The summed E-state index contributed by atoms with van der Waals surface area (Å²) >= 11 is 1.48. The molecule has 0 saturated carbocycles. The lowest BCUT2D eigenvalue weighted by Crippen LogP contribution is -2.57. The Morgan fingerprint density at radius 1 is 1.20 bits per heavy atom. The van der Waals surface area contributed by atoms with Crippen LogP contribution in [0.2, 0.25) is 0 Å². The first-order chi connectivity index (χ1) is 12.2. The standard InChI is InChI=1S/C19H22N2O3S/c1-23-16-10-18(25-12-16)24-15-4-2-14(3-5-15)19(22)20-17-11-21-8-6-13(17)7-9-21/h2-5,10,12-13,17H,6-9,11H2,1H3,(H,20,22). The first-order valence-electron chi connectivity index (χ1n) is 8.65. The van der Waals surface area contributed by atoms with E-state index in [1.807, 2.05) is 35.7 Å². The van der Waals surface area contributed by atoms with Crippen LogP contribution in [0.1, 0.15) is 23.2 Å². The molecule has 1 aromatic heterocycles. The lowest BCUT2D eigenvalue weighted by atomic mass is 9.84. The molecule has 1 atom stereocenters. The van der Waals surface area contributed by atoms with Crippen molar-refractivity contribution in [2.24, 2.45) is 5.92 Å². The summed E-state index contributed by atoms with van der Waals surface area (Å²) in [6.45, 7) is 3.34. The van der Waals surface area contributed by atoms with Crippen LogP contribution in [0.4, 0.5) is 0 Å². The number of carbonyl (C=O) groups excluding carboxylic acids is 1. The number of hydrogen-bond acceptors (Lipinski definition) is 5. The largest absolute Gasteiger partial charge is 0.496 e. The molecule has 1 N–H and O–H groups in total. The molecular formula is C19H22N2O3S. The molecule has 3 aliphatic heterocycles. The van der Waals surface area contributed by atoms with E-state index in [2.05, 4.69) is 10.2 Å². The first-order valence-corrected chi connectivity index (χ1v) is 9.53. The SMILES string of the molecule is COc1csc(Oc2ccc(C(=O)NC3CN4CCC3CC4)cc2)c1. The monoisotopic (exact) mass is 358 g/mol. The van der Waals surface area contributed by atoms with Crippen molar-refractivity contribution >= 4 is 17.2 Å². The summed E-state index contributed by atoms with van der Waals surface area (Å²) in [7, 11) is 1.63. The molecule has 6 heteroatoms. The number of carbonyl (C=O) groups is 1. The number of rotatable bonds is 5. The van der Waals surface area contributed by atoms with Crippen LogP contribution < -0.4 is 14.8 Å². The van der Waals surface area contributed by atoms with Crippen molar-refractivity contribution in [3.63, 3.8) is 0 Å². The Morgan fingerprint density at radius 2 is 1.96 bits per heavy atom. The number of hydrogen-bond donors (Lipinski definition) is 1. The van der Waals surface area contributed by atoms with Gasteiger partial charge in [-0.05, 0) is 56.1 Å². The van der Waals surface area contributed by atoms with Crippen LogP contribution in [0.3, 0.4) is 0 Å². The highest BCUT2D eigenvalue weighted by atomic mass is 32.1.